The maximum absolute atomic E-state index is 13.2. The van der Waals surface area contributed by atoms with Crippen LogP contribution in [0.5, 0.6) is 0 Å². The van der Waals surface area contributed by atoms with Crippen LogP contribution in [0.4, 0.5) is 10.5 Å². The number of ether oxygens (including phenoxy) is 1. The van der Waals surface area contributed by atoms with Gasteiger partial charge in [-0.25, -0.2) is 4.79 Å². The highest BCUT2D eigenvalue weighted by Crippen LogP contribution is 2.46. The number of rotatable bonds is 13. The molecule has 0 saturated carbocycles. The zero-order valence-corrected chi connectivity index (χ0v) is 23.1. The monoisotopic (exact) mass is 562 g/mol. The summed E-state index contributed by atoms with van der Waals surface area (Å²) in [7, 11) is -1.84. The Kier molecular flexibility index (Phi) is 12.0. The molecule has 0 bridgehead atoms. The molecule has 1 aromatic carbocycles. The smallest absolute Gasteiger partial charge is 0.414 e. The normalized spacial score (nSPS) is 13.8. The second-order valence-electron chi connectivity index (χ2n) is 8.56. The fourth-order valence-electron chi connectivity index (χ4n) is 3.54. The summed E-state index contributed by atoms with van der Waals surface area (Å²) >= 11 is 6.11. The molecule has 200 valence electrons. The van der Waals surface area contributed by atoms with Crippen LogP contribution in [0.3, 0.4) is 0 Å². The van der Waals surface area contributed by atoms with Crippen molar-refractivity contribution in [2.45, 2.75) is 44.2 Å². The third kappa shape index (κ3) is 9.23. The number of pyridine rings is 1. The lowest BCUT2D eigenvalue weighted by molar-refractivity contribution is -0.121. The zero-order chi connectivity index (χ0) is 26.9. The largest absolute Gasteiger partial charge is 0.449 e. The predicted octanol–water partition coefficient (Wildman–Crippen LogP) is 3.51. The Hall–Kier alpha value is -1.84. The van der Waals surface area contributed by atoms with Crippen molar-refractivity contribution in [2.24, 2.45) is 0 Å². The summed E-state index contributed by atoms with van der Waals surface area (Å²) in [6, 6.07) is 6.79. The van der Waals surface area contributed by atoms with Crippen molar-refractivity contribution in [1.29, 1.82) is 0 Å². The van der Waals surface area contributed by atoms with Gasteiger partial charge in [-0.3, -0.25) is 19.2 Å². The fraction of sp³-hybridized carbons (Fsp3) is 0.500. The van der Waals surface area contributed by atoms with Gasteiger partial charge in [-0.15, -0.1) is 0 Å². The fourth-order valence-corrected chi connectivity index (χ4v) is 4.85. The summed E-state index contributed by atoms with van der Waals surface area (Å²) in [6.45, 7) is 2.72. The SMILES string of the molecule is CC(CCCN(C)C)N(C(=O)OCCCC(=O)NC(PO)P(=O)(O)O)c1ccnc2cc(Cl)ccc12. The summed E-state index contributed by atoms with van der Waals surface area (Å²) in [5.41, 5.74) is -0.371. The van der Waals surface area contributed by atoms with Gasteiger partial charge in [0.2, 0.25) is 5.91 Å². The molecular formula is C22H33ClN4O7P2. The Morgan fingerprint density at radius 3 is 2.61 bits per heavy atom. The Balaban J connectivity index is 2.10. The molecule has 36 heavy (non-hydrogen) atoms. The predicted molar refractivity (Wildman–Crippen MR) is 142 cm³/mol. The van der Waals surface area contributed by atoms with Gasteiger partial charge in [0.1, 0.15) is 0 Å². The molecule has 1 aromatic heterocycles. The van der Waals surface area contributed by atoms with Crippen LogP contribution in [0.15, 0.2) is 30.5 Å². The van der Waals surface area contributed by atoms with Gasteiger partial charge in [0, 0.05) is 37.9 Å². The zero-order valence-electron chi connectivity index (χ0n) is 20.4. The van der Waals surface area contributed by atoms with Crippen LogP contribution < -0.4 is 10.2 Å². The number of halogens is 1. The number of anilines is 1. The Bertz CT molecular complexity index is 1090. The van der Waals surface area contributed by atoms with E-state index in [1.165, 1.54) is 0 Å². The maximum atomic E-state index is 13.2. The topological polar surface area (TPSA) is 153 Å². The van der Waals surface area contributed by atoms with Gasteiger partial charge >= 0.3 is 13.7 Å². The number of hydrogen-bond donors (Lipinski definition) is 4. The van der Waals surface area contributed by atoms with Crippen molar-refractivity contribution in [3.8, 4) is 0 Å². The summed E-state index contributed by atoms with van der Waals surface area (Å²) < 4.78 is 16.7. The number of amides is 2. The van der Waals surface area contributed by atoms with E-state index in [2.05, 4.69) is 15.2 Å². The lowest BCUT2D eigenvalue weighted by Gasteiger charge is -2.30. The maximum Gasteiger partial charge on any atom is 0.414 e. The molecule has 0 saturated heterocycles. The number of nitrogens with zero attached hydrogens (tertiary/aromatic N) is 3. The van der Waals surface area contributed by atoms with Gasteiger partial charge in [-0.2, -0.15) is 0 Å². The number of benzene rings is 1. The van der Waals surface area contributed by atoms with Gasteiger partial charge in [0.05, 0.1) is 17.8 Å². The summed E-state index contributed by atoms with van der Waals surface area (Å²) in [4.78, 5) is 60.5. The number of carbonyl (C=O) groups is 2. The van der Waals surface area contributed by atoms with Crippen molar-refractivity contribution >= 4 is 56.6 Å². The van der Waals surface area contributed by atoms with E-state index in [0.29, 0.717) is 16.2 Å². The Labute approximate surface area is 217 Å². The van der Waals surface area contributed by atoms with Crippen molar-refractivity contribution in [3.05, 3.63) is 35.5 Å². The molecule has 0 spiro atoms. The summed E-state index contributed by atoms with van der Waals surface area (Å²) in [6.07, 6.45) is 2.60. The lowest BCUT2D eigenvalue weighted by atomic mass is 10.1. The molecule has 14 heteroatoms. The Morgan fingerprint density at radius 2 is 1.97 bits per heavy atom. The third-order valence-electron chi connectivity index (χ3n) is 5.34. The molecule has 2 rings (SSSR count). The first kappa shape index (κ1) is 30.4. The lowest BCUT2D eigenvalue weighted by Crippen LogP contribution is -2.40. The van der Waals surface area contributed by atoms with Crippen molar-refractivity contribution in [2.75, 3.05) is 32.1 Å². The van der Waals surface area contributed by atoms with Gasteiger partial charge in [-0.1, -0.05) is 11.6 Å². The van der Waals surface area contributed by atoms with E-state index in [4.69, 9.17) is 31.0 Å². The quantitative estimate of drug-likeness (QED) is 0.212. The van der Waals surface area contributed by atoms with E-state index < -0.39 is 33.9 Å². The molecule has 1 heterocycles. The van der Waals surface area contributed by atoms with Crippen molar-refractivity contribution < 1.29 is 33.6 Å². The number of fused-ring (bicyclic) bond motifs is 1. The van der Waals surface area contributed by atoms with Crippen LogP contribution in [0.1, 0.15) is 32.6 Å². The van der Waals surface area contributed by atoms with Crippen LogP contribution in [-0.4, -0.2) is 75.4 Å². The standard InChI is InChI=1S/C22H33ClN4O7P2/c1-15(6-4-12-26(2)3)27(19-10-11-24-18-14-16(23)8-9-17(18)19)22(29)34-13-5-7-20(28)25-21(35-30)36(31,32)33/h8-11,14-15,21,30,35H,4-7,12-13H2,1-3H3,(H,25,28)(H2,31,32,33). The summed E-state index contributed by atoms with van der Waals surface area (Å²) in [5.74, 6) is -0.660. The van der Waals surface area contributed by atoms with Gasteiger partial charge in [0.25, 0.3) is 0 Å². The molecule has 3 atom stereocenters. The van der Waals surface area contributed by atoms with Crippen LogP contribution >= 0.6 is 28.0 Å². The van der Waals surface area contributed by atoms with Crippen molar-refractivity contribution in [1.82, 2.24) is 15.2 Å². The minimum atomic E-state index is -4.66. The van der Waals surface area contributed by atoms with E-state index >= 15 is 0 Å². The molecule has 3 unspecified atom stereocenters. The van der Waals surface area contributed by atoms with E-state index in [9.17, 15) is 14.2 Å². The van der Waals surface area contributed by atoms with Crippen LogP contribution in [-0.2, 0) is 14.1 Å². The second kappa shape index (κ2) is 14.2. The van der Waals surface area contributed by atoms with E-state index in [-0.39, 0.29) is 25.5 Å². The molecule has 2 amide bonds. The average molecular weight is 563 g/mol. The van der Waals surface area contributed by atoms with Gasteiger partial charge in [0.15, 0.2) is 5.52 Å². The molecule has 0 fully saturated rings. The highest BCUT2D eigenvalue weighted by Gasteiger charge is 2.30. The number of aromatic nitrogens is 1. The Morgan fingerprint density at radius 1 is 1.25 bits per heavy atom. The molecule has 0 aliphatic heterocycles. The van der Waals surface area contributed by atoms with Gasteiger partial charge in [-0.05, 0) is 71.1 Å². The number of carbonyl (C=O) groups excluding carboxylic acids is 2. The van der Waals surface area contributed by atoms with Crippen molar-refractivity contribution in [3.63, 3.8) is 0 Å². The molecular weight excluding hydrogens is 530 g/mol. The first-order valence-corrected chi connectivity index (χ1v) is 14.4. The third-order valence-corrected chi connectivity index (χ3v) is 8.12. The molecule has 0 radical (unpaired) electrons. The van der Waals surface area contributed by atoms with E-state index in [1.807, 2.05) is 21.0 Å². The average Bonchev–Trinajstić information content (AvgIpc) is 2.79. The van der Waals surface area contributed by atoms with Crippen LogP contribution in [0, 0.1) is 0 Å². The van der Waals surface area contributed by atoms with E-state index in [0.717, 1.165) is 24.8 Å². The minimum absolute atomic E-state index is 0.0794. The molecule has 4 N–H and O–H groups in total. The highest BCUT2D eigenvalue weighted by molar-refractivity contribution is 7.63. The molecule has 0 aliphatic rings. The molecule has 11 nitrogen and oxygen atoms in total. The van der Waals surface area contributed by atoms with Crippen LogP contribution in [0.2, 0.25) is 5.02 Å². The first-order chi connectivity index (χ1) is 16.9. The first-order valence-electron chi connectivity index (χ1n) is 11.3. The molecule has 2 aromatic rings. The van der Waals surface area contributed by atoms with Gasteiger partial charge < -0.3 is 29.6 Å². The highest BCUT2D eigenvalue weighted by atomic mass is 35.5. The number of hydrogen-bond acceptors (Lipinski definition) is 7. The van der Waals surface area contributed by atoms with E-state index in [1.54, 1.807) is 35.4 Å². The summed E-state index contributed by atoms with van der Waals surface area (Å²) in [5, 5.41) is 3.38. The minimum Gasteiger partial charge on any atom is -0.449 e. The molecule has 0 aliphatic carbocycles. The number of nitrogens with one attached hydrogen (secondary N) is 1. The van der Waals surface area contributed by atoms with Crippen LogP contribution in [0.25, 0.3) is 10.9 Å². The second-order valence-corrected chi connectivity index (χ2v) is 12.0.